The Morgan fingerprint density at radius 2 is 1.92 bits per heavy atom. The van der Waals surface area contributed by atoms with Gasteiger partial charge in [-0.05, 0) is 69.7 Å². The Labute approximate surface area is 152 Å². The minimum atomic E-state index is 0.171. The van der Waals surface area contributed by atoms with Gasteiger partial charge >= 0.3 is 0 Å². The van der Waals surface area contributed by atoms with E-state index in [-0.39, 0.29) is 11.5 Å². The molecular formula is C20H33N3O2. The average molecular weight is 348 g/mol. The number of hydrogen-bond acceptors (Lipinski definition) is 3. The largest absolute Gasteiger partial charge is 0.491 e. The summed E-state index contributed by atoms with van der Waals surface area (Å²) < 4.78 is 11.2. The van der Waals surface area contributed by atoms with E-state index in [0.717, 1.165) is 37.6 Å². The molecule has 3 N–H and O–H groups in total. The first-order chi connectivity index (χ1) is 12.0. The van der Waals surface area contributed by atoms with Crippen molar-refractivity contribution in [2.75, 3.05) is 25.1 Å². The summed E-state index contributed by atoms with van der Waals surface area (Å²) in [6.45, 7) is 8.44. The predicted octanol–water partition coefficient (Wildman–Crippen LogP) is 4.19. The number of aliphatic imine (C=N–C) groups is 1. The summed E-state index contributed by atoms with van der Waals surface area (Å²) in [5.41, 5.74) is 7.28. The highest BCUT2D eigenvalue weighted by Crippen LogP contribution is 2.41. The summed E-state index contributed by atoms with van der Waals surface area (Å²) in [5.74, 6) is 1.33. The molecule has 0 unspecified atom stereocenters. The predicted molar refractivity (Wildman–Crippen MR) is 104 cm³/mol. The molecule has 0 aliphatic heterocycles. The molecule has 0 spiro atoms. The van der Waals surface area contributed by atoms with E-state index in [1.54, 1.807) is 0 Å². The lowest BCUT2D eigenvalue weighted by Gasteiger charge is -2.27. The van der Waals surface area contributed by atoms with Gasteiger partial charge in [0.05, 0.1) is 6.10 Å². The SMILES string of the molecule is CCOCCC1(CN=C(N)Nc2ccc(OC(C)C)cc2)CCCC1. The van der Waals surface area contributed by atoms with E-state index in [4.69, 9.17) is 15.2 Å². The van der Waals surface area contributed by atoms with Crippen LogP contribution in [-0.4, -0.2) is 31.8 Å². The molecule has 0 radical (unpaired) electrons. The van der Waals surface area contributed by atoms with E-state index in [0.29, 0.717) is 5.96 Å². The fourth-order valence-electron chi connectivity index (χ4n) is 3.37. The number of guanidine groups is 1. The molecule has 1 fully saturated rings. The lowest BCUT2D eigenvalue weighted by molar-refractivity contribution is 0.107. The standard InChI is InChI=1S/C20H33N3O2/c1-4-24-14-13-20(11-5-6-12-20)15-22-19(21)23-17-7-9-18(10-8-17)25-16(2)3/h7-10,16H,4-6,11-15H2,1-3H3,(H3,21,22,23). The summed E-state index contributed by atoms with van der Waals surface area (Å²) in [5, 5.41) is 3.17. The molecular weight excluding hydrogens is 314 g/mol. The van der Waals surface area contributed by atoms with Gasteiger partial charge in [0.25, 0.3) is 0 Å². The van der Waals surface area contributed by atoms with Crippen LogP contribution in [0.5, 0.6) is 5.75 Å². The van der Waals surface area contributed by atoms with Gasteiger partial charge < -0.3 is 20.5 Å². The number of rotatable bonds is 9. The van der Waals surface area contributed by atoms with Crippen molar-refractivity contribution < 1.29 is 9.47 Å². The van der Waals surface area contributed by atoms with Crippen molar-refractivity contribution >= 4 is 11.6 Å². The van der Waals surface area contributed by atoms with Gasteiger partial charge in [0, 0.05) is 25.4 Å². The Bertz CT molecular complexity index is 534. The maximum absolute atomic E-state index is 6.09. The van der Waals surface area contributed by atoms with Crippen LogP contribution in [0.4, 0.5) is 5.69 Å². The number of ether oxygens (including phenoxy) is 2. The Kier molecular flexibility index (Phi) is 7.56. The minimum Gasteiger partial charge on any atom is -0.491 e. The molecule has 0 saturated heterocycles. The van der Waals surface area contributed by atoms with E-state index in [2.05, 4.69) is 10.3 Å². The summed E-state index contributed by atoms with van der Waals surface area (Å²) in [6, 6.07) is 7.80. The zero-order valence-corrected chi connectivity index (χ0v) is 15.9. The Hall–Kier alpha value is -1.75. The zero-order valence-electron chi connectivity index (χ0n) is 15.9. The number of nitrogens with one attached hydrogen (secondary N) is 1. The third kappa shape index (κ3) is 6.58. The molecule has 1 aromatic rings. The Morgan fingerprint density at radius 3 is 2.52 bits per heavy atom. The topological polar surface area (TPSA) is 68.9 Å². The van der Waals surface area contributed by atoms with E-state index in [1.807, 2.05) is 45.0 Å². The van der Waals surface area contributed by atoms with Crippen LogP contribution < -0.4 is 15.8 Å². The molecule has 5 heteroatoms. The van der Waals surface area contributed by atoms with E-state index >= 15 is 0 Å². The highest BCUT2D eigenvalue weighted by atomic mass is 16.5. The fraction of sp³-hybridized carbons (Fsp3) is 0.650. The van der Waals surface area contributed by atoms with Crippen LogP contribution in [0.3, 0.4) is 0 Å². The van der Waals surface area contributed by atoms with Gasteiger partial charge in [-0.1, -0.05) is 12.8 Å². The molecule has 0 bridgehead atoms. The molecule has 2 rings (SSSR count). The van der Waals surface area contributed by atoms with Crippen molar-refractivity contribution in [3.05, 3.63) is 24.3 Å². The zero-order chi connectivity index (χ0) is 18.1. The van der Waals surface area contributed by atoms with Crippen LogP contribution in [0.1, 0.15) is 52.9 Å². The first-order valence-electron chi connectivity index (χ1n) is 9.44. The van der Waals surface area contributed by atoms with Crippen molar-refractivity contribution in [2.24, 2.45) is 16.1 Å². The molecule has 1 aliphatic rings. The minimum absolute atomic E-state index is 0.171. The summed E-state index contributed by atoms with van der Waals surface area (Å²) in [7, 11) is 0. The normalized spacial score (nSPS) is 17.0. The summed E-state index contributed by atoms with van der Waals surface area (Å²) in [6.07, 6.45) is 6.25. The van der Waals surface area contributed by atoms with Crippen molar-refractivity contribution in [1.82, 2.24) is 0 Å². The smallest absolute Gasteiger partial charge is 0.193 e. The summed E-state index contributed by atoms with van der Waals surface area (Å²) in [4.78, 5) is 4.62. The quantitative estimate of drug-likeness (QED) is 0.399. The molecule has 0 heterocycles. The average Bonchev–Trinajstić information content (AvgIpc) is 3.04. The van der Waals surface area contributed by atoms with E-state index in [9.17, 15) is 0 Å². The van der Waals surface area contributed by atoms with Crippen molar-refractivity contribution in [3.63, 3.8) is 0 Å². The molecule has 1 aliphatic carbocycles. The van der Waals surface area contributed by atoms with Gasteiger partial charge in [0.2, 0.25) is 0 Å². The van der Waals surface area contributed by atoms with Crippen LogP contribution in [-0.2, 0) is 4.74 Å². The van der Waals surface area contributed by atoms with Crippen LogP contribution in [0.2, 0.25) is 0 Å². The molecule has 1 saturated carbocycles. The molecule has 1 aromatic carbocycles. The van der Waals surface area contributed by atoms with Gasteiger partial charge in [-0.25, -0.2) is 0 Å². The number of hydrogen-bond donors (Lipinski definition) is 2. The second kappa shape index (κ2) is 9.66. The van der Waals surface area contributed by atoms with E-state index in [1.165, 1.54) is 25.7 Å². The van der Waals surface area contributed by atoms with Gasteiger partial charge in [0.1, 0.15) is 5.75 Å². The van der Waals surface area contributed by atoms with Crippen LogP contribution >= 0.6 is 0 Å². The first-order valence-corrected chi connectivity index (χ1v) is 9.44. The highest BCUT2D eigenvalue weighted by Gasteiger charge is 2.33. The van der Waals surface area contributed by atoms with Crippen molar-refractivity contribution in [2.45, 2.75) is 59.0 Å². The van der Waals surface area contributed by atoms with Crippen molar-refractivity contribution in [3.8, 4) is 5.75 Å². The Balaban J connectivity index is 1.89. The fourth-order valence-corrected chi connectivity index (χ4v) is 3.37. The van der Waals surface area contributed by atoms with Gasteiger partial charge in [-0.15, -0.1) is 0 Å². The van der Waals surface area contributed by atoms with Crippen LogP contribution in [0.15, 0.2) is 29.3 Å². The molecule has 0 aromatic heterocycles. The van der Waals surface area contributed by atoms with Gasteiger partial charge in [-0.2, -0.15) is 0 Å². The number of benzene rings is 1. The maximum Gasteiger partial charge on any atom is 0.193 e. The lowest BCUT2D eigenvalue weighted by atomic mass is 9.83. The summed E-state index contributed by atoms with van der Waals surface area (Å²) >= 11 is 0. The highest BCUT2D eigenvalue weighted by molar-refractivity contribution is 5.92. The van der Waals surface area contributed by atoms with Crippen molar-refractivity contribution in [1.29, 1.82) is 0 Å². The number of nitrogens with two attached hydrogens (primary N) is 1. The van der Waals surface area contributed by atoms with Crippen LogP contribution in [0, 0.1) is 5.41 Å². The molecule has 5 nitrogen and oxygen atoms in total. The molecule has 0 atom stereocenters. The number of nitrogens with zero attached hydrogens (tertiary/aromatic N) is 1. The second-order valence-electron chi connectivity index (χ2n) is 7.17. The van der Waals surface area contributed by atoms with E-state index < -0.39 is 0 Å². The van der Waals surface area contributed by atoms with Gasteiger partial charge in [0.15, 0.2) is 5.96 Å². The monoisotopic (exact) mass is 347 g/mol. The molecule has 0 amide bonds. The van der Waals surface area contributed by atoms with Gasteiger partial charge in [-0.3, -0.25) is 4.99 Å². The number of anilines is 1. The third-order valence-electron chi connectivity index (χ3n) is 4.73. The maximum atomic E-state index is 6.09. The first kappa shape index (κ1) is 19.6. The lowest BCUT2D eigenvalue weighted by Crippen LogP contribution is -2.28. The second-order valence-corrected chi connectivity index (χ2v) is 7.17. The Morgan fingerprint density at radius 1 is 1.24 bits per heavy atom. The third-order valence-corrected chi connectivity index (χ3v) is 4.73. The molecule has 140 valence electrons. The molecule has 25 heavy (non-hydrogen) atoms. The van der Waals surface area contributed by atoms with Crippen LogP contribution in [0.25, 0.3) is 0 Å².